The number of rotatable bonds is 5. The molecule has 0 amide bonds. The van der Waals surface area contributed by atoms with Gasteiger partial charge in [-0.05, 0) is 76.1 Å². The molecule has 4 heteroatoms. The van der Waals surface area contributed by atoms with Gasteiger partial charge in [0.2, 0.25) is 0 Å². The van der Waals surface area contributed by atoms with E-state index in [1.807, 2.05) is 19.2 Å². The van der Waals surface area contributed by atoms with Crippen LogP contribution in [0.4, 0.5) is 0 Å². The molecule has 0 heterocycles. The van der Waals surface area contributed by atoms with E-state index in [0.29, 0.717) is 6.04 Å². The molecule has 0 aliphatic heterocycles. The third-order valence-electron chi connectivity index (χ3n) is 5.69. The number of nitriles is 1. The lowest BCUT2D eigenvalue weighted by atomic mass is 9.69. The summed E-state index contributed by atoms with van der Waals surface area (Å²) in [4.78, 5) is 0. The van der Waals surface area contributed by atoms with E-state index in [9.17, 15) is 5.26 Å². The van der Waals surface area contributed by atoms with Gasteiger partial charge in [0, 0.05) is 6.04 Å². The van der Waals surface area contributed by atoms with Crippen LogP contribution in [0.1, 0.15) is 56.9 Å². The Labute approximate surface area is 145 Å². The lowest BCUT2D eigenvalue weighted by Gasteiger charge is -2.36. The van der Waals surface area contributed by atoms with E-state index >= 15 is 0 Å². The first-order valence-corrected chi connectivity index (χ1v) is 9.14. The van der Waals surface area contributed by atoms with Gasteiger partial charge < -0.3 is 14.8 Å². The highest BCUT2D eigenvalue weighted by Gasteiger charge is 2.38. The van der Waals surface area contributed by atoms with Crippen LogP contribution in [0.2, 0.25) is 0 Å². The number of hydrogen-bond donors (Lipinski definition) is 1. The standard InChI is InChI=1S/C20H28N2O2/c1-22-16-6-5-11-20(13-16,14-21)15-9-10-18(23-2)19(12-15)24-17-7-3-4-8-17/h9-10,12,16-17,22H,3-8,11,13H2,1-2H3/t16-,20+/m1/s1. The van der Waals surface area contributed by atoms with E-state index in [0.717, 1.165) is 55.6 Å². The zero-order valence-corrected chi connectivity index (χ0v) is 14.8. The number of ether oxygens (including phenoxy) is 2. The maximum atomic E-state index is 9.96. The monoisotopic (exact) mass is 328 g/mol. The van der Waals surface area contributed by atoms with E-state index in [-0.39, 0.29) is 6.10 Å². The van der Waals surface area contributed by atoms with E-state index in [1.165, 1.54) is 12.8 Å². The summed E-state index contributed by atoms with van der Waals surface area (Å²) in [7, 11) is 3.66. The zero-order chi connectivity index (χ0) is 17.0. The Bertz CT molecular complexity index is 604. The number of hydrogen-bond acceptors (Lipinski definition) is 4. The average molecular weight is 328 g/mol. The summed E-state index contributed by atoms with van der Waals surface area (Å²) in [6, 6.07) is 9.08. The first-order valence-electron chi connectivity index (χ1n) is 9.14. The maximum Gasteiger partial charge on any atom is 0.161 e. The van der Waals surface area contributed by atoms with Crippen LogP contribution in [0.15, 0.2) is 18.2 Å². The molecule has 2 aliphatic carbocycles. The number of nitrogens with one attached hydrogen (secondary N) is 1. The number of benzene rings is 1. The lowest BCUT2D eigenvalue weighted by molar-refractivity contribution is 0.200. The number of nitrogens with zero attached hydrogens (tertiary/aromatic N) is 1. The Balaban J connectivity index is 1.90. The molecule has 130 valence electrons. The van der Waals surface area contributed by atoms with Crippen LogP contribution in [-0.4, -0.2) is 26.3 Å². The van der Waals surface area contributed by atoms with Crippen LogP contribution < -0.4 is 14.8 Å². The fraction of sp³-hybridized carbons (Fsp3) is 0.650. The minimum absolute atomic E-state index is 0.281. The van der Waals surface area contributed by atoms with Crippen molar-refractivity contribution in [3.8, 4) is 17.6 Å². The molecule has 0 saturated heterocycles. The van der Waals surface area contributed by atoms with Gasteiger partial charge in [0.05, 0.1) is 24.7 Å². The second-order valence-corrected chi connectivity index (χ2v) is 7.17. The Kier molecular flexibility index (Phi) is 5.30. The molecular formula is C20H28N2O2. The Morgan fingerprint density at radius 3 is 2.62 bits per heavy atom. The lowest BCUT2D eigenvalue weighted by Crippen LogP contribution is -2.40. The number of methoxy groups -OCH3 is 1. The Morgan fingerprint density at radius 2 is 1.96 bits per heavy atom. The molecule has 0 spiro atoms. The predicted octanol–water partition coefficient (Wildman–Crippen LogP) is 3.94. The van der Waals surface area contributed by atoms with Crippen LogP contribution in [-0.2, 0) is 5.41 Å². The summed E-state index contributed by atoms with van der Waals surface area (Å²) in [5.74, 6) is 1.56. The molecule has 0 bridgehead atoms. The predicted molar refractivity (Wildman–Crippen MR) is 94.5 cm³/mol. The molecule has 1 N–H and O–H groups in total. The van der Waals surface area contributed by atoms with E-state index in [1.54, 1.807) is 7.11 Å². The summed E-state index contributed by atoms with van der Waals surface area (Å²) in [5, 5.41) is 13.3. The summed E-state index contributed by atoms with van der Waals surface area (Å²) < 4.78 is 11.7. The summed E-state index contributed by atoms with van der Waals surface area (Å²) in [5.41, 5.74) is 0.644. The largest absolute Gasteiger partial charge is 0.493 e. The molecule has 0 aromatic heterocycles. The van der Waals surface area contributed by atoms with Gasteiger partial charge >= 0.3 is 0 Å². The van der Waals surface area contributed by atoms with Crippen molar-refractivity contribution in [3.63, 3.8) is 0 Å². The molecule has 0 unspecified atom stereocenters. The van der Waals surface area contributed by atoms with Crippen LogP contribution in [0.5, 0.6) is 11.5 Å². The summed E-state index contributed by atoms with van der Waals surface area (Å²) >= 11 is 0. The minimum Gasteiger partial charge on any atom is -0.493 e. The highest BCUT2D eigenvalue weighted by molar-refractivity contribution is 5.47. The highest BCUT2D eigenvalue weighted by atomic mass is 16.5. The molecule has 1 aromatic rings. The maximum absolute atomic E-state index is 9.96. The quantitative estimate of drug-likeness (QED) is 0.889. The fourth-order valence-corrected chi connectivity index (χ4v) is 4.20. The molecule has 2 atom stereocenters. The first-order chi connectivity index (χ1) is 11.7. The average Bonchev–Trinajstić information content (AvgIpc) is 3.14. The van der Waals surface area contributed by atoms with Crippen molar-refractivity contribution < 1.29 is 9.47 Å². The summed E-state index contributed by atoms with van der Waals surface area (Å²) in [6.07, 6.45) is 8.95. The Hall–Kier alpha value is -1.73. The highest BCUT2D eigenvalue weighted by Crippen LogP contribution is 2.42. The second-order valence-electron chi connectivity index (χ2n) is 7.17. The van der Waals surface area contributed by atoms with Gasteiger partial charge in [-0.25, -0.2) is 0 Å². The third kappa shape index (κ3) is 3.37. The molecule has 2 saturated carbocycles. The zero-order valence-electron chi connectivity index (χ0n) is 14.8. The second kappa shape index (κ2) is 7.44. The SMILES string of the molecule is CN[C@@H]1CCC[C@](C#N)(c2ccc(OC)c(OC3CCCC3)c2)C1. The fourth-order valence-electron chi connectivity index (χ4n) is 4.20. The van der Waals surface area contributed by atoms with Crippen molar-refractivity contribution in [2.45, 2.75) is 68.9 Å². The first kappa shape index (κ1) is 17.1. The van der Waals surface area contributed by atoms with Crippen molar-refractivity contribution in [2.24, 2.45) is 0 Å². The van der Waals surface area contributed by atoms with Crippen molar-refractivity contribution in [1.82, 2.24) is 5.32 Å². The topological polar surface area (TPSA) is 54.3 Å². The van der Waals surface area contributed by atoms with Gasteiger partial charge in [-0.2, -0.15) is 5.26 Å². The summed E-state index contributed by atoms with van der Waals surface area (Å²) in [6.45, 7) is 0. The van der Waals surface area contributed by atoms with Gasteiger partial charge in [0.15, 0.2) is 11.5 Å². The van der Waals surface area contributed by atoms with Gasteiger partial charge in [-0.1, -0.05) is 6.07 Å². The normalized spacial score (nSPS) is 27.6. The van der Waals surface area contributed by atoms with Gasteiger partial charge in [-0.3, -0.25) is 0 Å². The van der Waals surface area contributed by atoms with E-state index in [2.05, 4.69) is 17.5 Å². The molecular weight excluding hydrogens is 300 g/mol. The molecule has 0 radical (unpaired) electrons. The molecule has 24 heavy (non-hydrogen) atoms. The van der Waals surface area contributed by atoms with Crippen LogP contribution in [0, 0.1) is 11.3 Å². The minimum atomic E-state index is -0.425. The molecule has 1 aromatic carbocycles. The molecule has 2 fully saturated rings. The van der Waals surface area contributed by atoms with Crippen molar-refractivity contribution in [1.29, 1.82) is 5.26 Å². The van der Waals surface area contributed by atoms with Crippen LogP contribution in [0.25, 0.3) is 0 Å². The van der Waals surface area contributed by atoms with E-state index < -0.39 is 5.41 Å². The van der Waals surface area contributed by atoms with Gasteiger partial charge in [-0.15, -0.1) is 0 Å². The van der Waals surface area contributed by atoms with Gasteiger partial charge in [0.25, 0.3) is 0 Å². The molecule has 4 nitrogen and oxygen atoms in total. The molecule has 3 rings (SSSR count). The van der Waals surface area contributed by atoms with Crippen molar-refractivity contribution >= 4 is 0 Å². The third-order valence-corrected chi connectivity index (χ3v) is 5.69. The van der Waals surface area contributed by atoms with Crippen LogP contribution in [0.3, 0.4) is 0 Å². The van der Waals surface area contributed by atoms with Crippen molar-refractivity contribution in [3.05, 3.63) is 23.8 Å². The van der Waals surface area contributed by atoms with Gasteiger partial charge in [0.1, 0.15) is 0 Å². The molecule has 2 aliphatic rings. The Morgan fingerprint density at radius 1 is 1.17 bits per heavy atom. The van der Waals surface area contributed by atoms with Crippen LogP contribution >= 0.6 is 0 Å². The smallest absolute Gasteiger partial charge is 0.161 e. The van der Waals surface area contributed by atoms with E-state index in [4.69, 9.17) is 9.47 Å². The van der Waals surface area contributed by atoms with Crippen molar-refractivity contribution in [2.75, 3.05) is 14.2 Å².